The fourth-order valence-electron chi connectivity index (χ4n) is 2.50. The second-order valence-electron chi connectivity index (χ2n) is 5.56. The molecule has 0 unspecified atom stereocenters. The van der Waals surface area contributed by atoms with Gasteiger partial charge in [-0.05, 0) is 31.5 Å². The first-order valence-corrected chi connectivity index (χ1v) is 9.35. The van der Waals surface area contributed by atoms with Crippen molar-refractivity contribution in [2.75, 3.05) is 5.32 Å². The van der Waals surface area contributed by atoms with Crippen LogP contribution in [0.3, 0.4) is 0 Å². The lowest BCUT2D eigenvalue weighted by atomic mass is 10.2. The number of hydrogen-bond acceptors (Lipinski definition) is 5. The highest BCUT2D eigenvalue weighted by molar-refractivity contribution is 7.99. The van der Waals surface area contributed by atoms with Gasteiger partial charge < -0.3 is 5.32 Å². The number of nitrogens with zero attached hydrogens (tertiary/aromatic N) is 2. The summed E-state index contributed by atoms with van der Waals surface area (Å²) in [5.74, 6) is -3.08. The molecule has 0 fully saturated rings. The van der Waals surface area contributed by atoms with Gasteiger partial charge in [-0.3, -0.25) is 14.2 Å². The standard InChI is InChI=1S/C17H15F2N3O2S2/c1-9-10(2)25-15-14(9)16(24)22(8-20-15)7-13(23)21-11-5-3-4-6-12(11)26-17(18)19/h3-6,8,17H,7H2,1-2H3,(H,21,23). The molecule has 5 nitrogen and oxygen atoms in total. The van der Waals surface area contributed by atoms with Crippen molar-refractivity contribution in [2.24, 2.45) is 0 Å². The van der Waals surface area contributed by atoms with Crippen molar-refractivity contribution < 1.29 is 13.6 Å². The number of amides is 1. The molecule has 136 valence electrons. The van der Waals surface area contributed by atoms with Gasteiger partial charge in [-0.1, -0.05) is 23.9 Å². The largest absolute Gasteiger partial charge is 0.324 e. The molecular formula is C17H15F2N3O2S2. The highest BCUT2D eigenvalue weighted by Crippen LogP contribution is 2.31. The number of carbonyl (C=O) groups excluding carboxylic acids is 1. The van der Waals surface area contributed by atoms with Gasteiger partial charge in [-0.2, -0.15) is 8.78 Å². The molecule has 0 aliphatic carbocycles. The maximum absolute atomic E-state index is 12.6. The Kier molecular flexibility index (Phi) is 5.38. The summed E-state index contributed by atoms with van der Waals surface area (Å²) in [6.07, 6.45) is 1.33. The Morgan fingerprint density at radius 3 is 2.81 bits per heavy atom. The van der Waals surface area contributed by atoms with Crippen LogP contribution < -0.4 is 10.9 Å². The van der Waals surface area contributed by atoms with E-state index >= 15 is 0 Å². The average molecular weight is 395 g/mol. The molecule has 0 saturated carbocycles. The quantitative estimate of drug-likeness (QED) is 0.663. The van der Waals surface area contributed by atoms with E-state index in [9.17, 15) is 18.4 Å². The number of nitrogens with one attached hydrogen (secondary N) is 1. The van der Waals surface area contributed by atoms with Gasteiger partial charge in [0.05, 0.1) is 17.4 Å². The third kappa shape index (κ3) is 3.78. The molecule has 0 saturated heterocycles. The van der Waals surface area contributed by atoms with Crippen LogP contribution in [0, 0.1) is 13.8 Å². The van der Waals surface area contributed by atoms with Gasteiger partial charge >= 0.3 is 0 Å². The van der Waals surface area contributed by atoms with Gasteiger partial charge in [-0.25, -0.2) is 4.98 Å². The van der Waals surface area contributed by atoms with Crippen LogP contribution in [-0.4, -0.2) is 21.2 Å². The number of benzene rings is 1. The zero-order valence-corrected chi connectivity index (χ0v) is 15.6. The third-order valence-electron chi connectivity index (χ3n) is 3.85. The topological polar surface area (TPSA) is 64.0 Å². The Balaban J connectivity index is 1.83. The number of para-hydroxylation sites is 1. The summed E-state index contributed by atoms with van der Waals surface area (Å²) in [4.78, 5) is 31.1. The van der Waals surface area contributed by atoms with Gasteiger partial charge in [0.2, 0.25) is 5.91 Å². The molecule has 0 atom stereocenters. The summed E-state index contributed by atoms with van der Waals surface area (Å²) in [5.41, 5.74) is 0.852. The van der Waals surface area contributed by atoms with Crippen molar-refractivity contribution in [1.82, 2.24) is 9.55 Å². The zero-order chi connectivity index (χ0) is 18.8. The maximum Gasteiger partial charge on any atom is 0.288 e. The van der Waals surface area contributed by atoms with Crippen LogP contribution in [-0.2, 0) is 11.3 Å². The van der Waals surface area contributed by atoms with Crippen molar-refractivity contribution in [3.63, 3.8) is 0 Å². The van der Waals surface area contributed by atoms with Gasteiger partial charge in [-0.15, -0.1) is 11.3 Å². The predicted octanol–water partition coefficient (Wildman–Crippen LogP) is 4.03. The Morgan fingerprint density at radius 1 is 1.35 bits per heavy atom. The number of thioether (sulfide) groups is 1. The van der Waals surface area contributed by atoms with E-state index in [1.165, 1.54) is 28.3 Å². The van der Waals surface area contributed by atoms with Gasteiger partial charge in [0.15, 0.2) is 0 Å². The van der Waals surface area contributed by atoms with Crippen molar-refractivity contribution in [3.05, 3.63) is 51.4 Å². The van der Waals surface area contributed by atoms with E-state index in [2.05, 4.69) is 10.3 Å². The van der Waals surface area contributed by atoms with Crippen LogP contribution in [0.4, 0.5) is 14.5 Å². The van der Waals surface area contributed by atoms with E-state index in [0.717, 1.165) is 10.4 Å². The molecule has 0 spiro atoms. The van der Waals surface area contributed by atoms with Gasteiger partial charge in [0.25, 0.3) is 11.3 Å². The second kappa shape index (κ2) is 7.55. The van der Waals surface area contributed by atoms with Crippen molar-refractivity contribution >= 4 is 44.9 Å². The minimum absolute atomic E-state index is 0.246. The minimum atomic E-state index is -2.59. The van der Waals surface area contributed by atoms with Crippen molar-refractivity contribution in [3.8, 4) is 0 Å². The lowest BCUT2D eigenvalue weighted by Gasteiger charge is -2.11. The molecule has 2 aromatic heterocycles. The van der Waals surface area contributed by atoms with Crippen LogP contribution in [0.15, 0.2) is 40.3 Å². The number of aromatic nitrogens is 2. The highest BCUT2D eigenvalue weighted by atomic mass is 32.2. The number of alkyl halides is 2. The van der Waals surface area contributed by atoms with Gasteiger partial charge in [0.1, 0.15) is 11.4 Å². The molecule has 0 bridgehead atoms. The molecular weight excluding hydrogens is 380 g/mol. The lowest BCUT2D eigenvalue weighted by Crippen LogP contribution is -2.28. The van der Waals surface area contributed by atoms with Crippen molar-refractivity contribution in [2.45, 2.75) is 31.0 Å². The summed E-state index contributed by atoms with van der Waals surface area (Å²) < 4.78 is 26.5. The summed E-state index contributed by atoms with van der Waals surface area (Å²) in [6, 6.07) is 6.30. The Labute approximate surface area is 156 Å². The van der Waals surface area contributed by atoms with E-state index in [-0.39, 0.29) is 22.7 Å². The average Bonchev–Trinajstić information content (AvgIpc) is 2.87. The summed E-state index contributed by atoms with van der Waals surface area (Å²) in [7, 11) is 0. The fraction of sp³-hybridized carbons (Fsp3) is 0.235. The van der Waals surface area contributed by atoms with E-state index in [1.54, 1.807) is 18.2 Å². The van der Waals surface area contributed by atoms with E-state index in [4.69, 9.17) is 0 Å². The monoisotopic (exact) mass is 395 g/mol. The summed E-state index contributed by atoms with van der Waals surface area (Å²) in [6.45, 7) is 3.51. The number of carbonyl (C=O) groups is 1. The van der Waals surface area contributed by atoms with E-state index in [0.29, 0.717) is 22.0 Å². The number of anilines is 1. The van der Waals surface area contributed by atoms with Crippen LogP contribution >= 0.6 is 23.1 Å². The smallest absolute Gasteiger partial charge is 0.288 e. The summed E-state index contributed by atoms with van der Waals surface area (Å²) >= 11 is 1.79. The number of fused-ring (bicyclic) bond motifs is 1. The minimum Gasteiger partial charge on any atom is -0.324 e. The maximum atomic E-state index is 12.6. The number of hydrogen-bond donors (Lipinski definition) is 1. The molecule has 0 radical (unpaired) electrons. The molecule has 2 heterocycles. The lowest BCUT2D eigenvalue weighted by molar-refractivity contribution is -0.116. The number of aryl methyl sites for hydroxylation is 2. The number of halogens is 2. The van der Waals surface area contributed by atoms with Crippen LogP contribution in [0.5, 0.6) is 0 Å². The molecule has 0 aliphatic rings. The van der Waals surface area contributed by atoms with E-state index in [1.807, 2.05) is 13.8 Å². The van der Waals surface area contributed by atoms with Gasteiger partial charge in [0, 0.05) is 9.77 Å². The fourth-order valence-corrected chi connectivity index (χ4v) is 4.08. The van der Waals surface area contributed by atoms with Crippen LogP contribution in [0.1, 0.15) is 10.4 Å². The molecule has 3 aromatic rings. The first-order valence-electron chi connectivity index (χ1n) is 7.65. The molecule has 26 heavy (non-hydrogen) atoms. The molecule has 0 aliphatic heterocycles. The van der Waals surface area contributed by atoms with Crippen molar-refractivity contribution in [1.29, 1.82) is 0 Å². The van der Waals surface area contributed by atoms with E-state index < -0.39 is 11.7 Å². The first kappa shape index (κ1) is 18.5. The molecule has 3 rings (SSSR count). The zero-order valence-electron chi connectivity index (χ0n) is 14.0. The third-order valence-corrected chi connectivity index (χ3v) is 5.75. The number of rotatable bonds is 5. The number of thiophene rings is 1. The summed E-state index contributed by atoms with van der Waals surface area (Å²) in [5, 5.41) is 3.09. The Morgan fingerprint density at radius 2 is 2.08 bits per heavy atom. The highest BCUT2D eigenvalue weighted by Gasteiger charge is 2.15. The van der Waals surface area contributed by atoms with Crippen LogP contribution in [0.2, 0.25) is 0 Å². The molecule has 1 aromatic carbocycles. The first-order chi connectivity index (χ1) is 12.4. The predicted molar refractivity (Wildman–Crippen MR) is 100 cm³/mol. The Hall–Kier alpha value is -2.26. The molecule has 1 N–H and O–H groups in total. The second-order valence-corrected chi connectivity index (χ2v) is 7.80. The normalized spacial score (nSPS) is 11.3. The Bertz CT molecular complexity index is 1030. The van der Waals surface area contributed by atoms with Crippen LogP contribution in [0.25, 0.3) is 10.2 Å². The molecule has 9 heteroatoms. The molecule has 1 amide bonds. The SMILES string of the molecule is Cc1sc2ncn(CC(=O)Nc3ccccc3SC(F)F)c(=O)c2c1C.